The van der Waals surface area contributed by atoms with Crippen molar-refractivity contribution in [3.8, 4) is 11.3 Å². The third-order valence-corrected chi connectivity index (χ3v) is 7.36. The first kappa shape index (κ1) is 25.0. The summed E-state index contributed by atoms with van der Waals surface area (Å²) in [5, 5.41) is 3.17. The Morgan fingerprint density at radius 1 is 1.20 bits per heavy atom. The van der Waals surface area contributed by atoms with E-state index in [-0.39, 0.29) is 11.7 Å². The number of aliphatic imine (C=N–C) groups is 1. The molecule has 1 aromatic carbocycles. The van der Waals surface area contributed by atoms with E-state index in [0.717, 1.165) is 59.7 Å². The fourth-order valence-corrected chi connectivity index (χ4v) is 5.36. The summed E-state index contributed by atoms with van der Waals surface area (Å²) in [6.07, 6.45) is 12.2. The molecular formula is C29H39N5O. The summed E-state index contributed by atoms with van der Waals surface area (Å²) in [5.74, 6) is 1.46. The van der Waals surface area contributed by atoms with Crippen LogP contribution in [-0.2, 0) is 13.0 Å². The van der Waals surface area contributed by atoms with Crippen molar-refractivity contribution >= 4 is 5.84 Å². The molecule has 0 bridgehead atoms. The van der Waals surface area contributed by atoms with Gasteiger partial charge in [0.25, 0.3) is 0 Å². The minimum absolute atomic E-state index is 0.0685. The normalized spacial score (nSPS) is 15.5. The Bertz CT molecular complexity index is 1200. The first-order valence-electron chi connectivity index (χ1n) is 13.1. The van der Waals surface area contributed by atoms with Gasteiger partial charge in [-0.2, -0.15) is 0 Å². The van der Waals surface area contributed by atoms with Crippen LogP contribution in [0.4, 0.5) is 0 Å². The second-order valence-electron chi connectivity index (χ2n) is 9.70. The van der Waals surface area contributed by atoms with Crippen molar-refractivity contribution < 1.29 is 0 Å². The van der Waals surface area contributed by atoms with Gasteiger partial charge in [-0.1, -0.05) is 56.5 Å². The van der Waals surface area contributed by atoms with Crippen molar-refractivity contribution in [2.45, 2.75) is 71.4 Å². The Balaban J connectivity index is 1.64. The Labute approximate surface area is 209 Å². The average Bonchev–Trinajstić information content (AvgIpc) is 3.51. The van der Waals surface area contributed by atoms with E-state index in [4.69, 9.17) is 4.98 Å². The van der Waals surface area contributed by atoms with Crippen molar-refractivity contribution in [2.75, 3.05) is 14.1 Å². The maximum absolute atomic E-state index is 13.5. The molecule has 1 atom stereocenters. The van der Waals surface area contributed by atoms with Crippen LogP contribution in [0, 0.1) is 5.92 Å². The van der Waals surface area contributed by atoms with E-state index in [1.165, 1.54) is 25.7 Å². The van der Waals surface area contributed by atoms with Crippen LogP contribution in [0.5, 0.6) is 0 Å². The first-order valence-corrected chi connectivity index (χ1v) is 13.1. The summed E-state index contributed by atoms with van der Waals surface area (Å²) in [5.41, 5.74) is 5.24. The lowest BCUT2D eigenvalue weighted by molar-refractivity contribution is 0.441. The molecule has 0 amide bonds. The fraction of sp³-hybridized carbons (Fsp3) is 0.483. The van der Waals surface area contributed by atoms with Crippen LogP contribution in [0.1, 0.15) is 75.2 Å². The number of unbranched alkanes of at least 4 members (excludes halogenated alkanes) is 1. The van der Waals surface area contributed by atoms with Gasteiger partial charge in [0.1, 0.15) is 5.84 Å². The van der Waals surface area contributed by atoms with Gasteiger partial charge in [0.2, 0.25) is 0 Å². The summed E-state index contributed by atoms with van der Waals surface area (Å²) < 4.78 is 3.97. The van der Waals surface area contributed by atoms with Crippen LogP contribution in [0.15, 0.2) is 58.6 Å². The summed E-state index contributed by atoms with van der Waals surface area (Å²) >= 11 is 0. The van der Waals surface area contributed by atoms with E-state index >= 15 is 0 Å². The van der Waals surface area contributed by atoms with Gasteiger partial charge in [0, 0.05) is 49.9 Å². The topological polar surface area (TPSA) is 64.2 Å². The zero-order valence-electron chi connectivity index (χ0n) is 21.6. The molecule has 6 heteroatoms. The lowest BCUT2D eigenvalue weighted by atomic mass is 10.0. The molecule has 2 heterocycles. The highest BCUT2D eigenvalue weighted by Gasteiger charge is 2.22. The lowest BCUT2D eigenvalue weighted by Crippen LogP contribution is -2.29. The Hall–Kier alpha value is -3.15. The molecule has 35 heavy (non-hydrogen) atoms. The maximum atomic E-state index is 13.5. The molecule has 1 N–H and O–H groups in total. The Morgan fingerprint density at radius 2 is 1.97 bits per heavy atom. The number of aromatic nitrogens is 3. The van der Waals surface area contributed by atoms with E-state index < -0.39 is 0 Å². The Morgan fingerprint density at radius 3 is 2.63 bits per heavy atom. The molecule has 3 aromatic rings. The van der Waals surface area contributed by atoms with E-state index in [1.807, 2.05) is 34.5 Å². The van der Waals surface area contributed by atoms with Gasteiger partial charge in [0.05, 0.1) is 11.7 Å². The highest BCUT2D eigenvalue weighted by molar-refractivity contribution is 6.03. The van der Waals surface area contributed by atoms with Gasteiger partial charge in [0.15, 0.2) is 0 Å². The highest BCUT2D eigenvalue weighted by atomic mass is 16.1. The van der Waals surface area contributed by atoms with Crippen molar-refractivity contribution in [3.63, 3.8) is 0 Å². The molecule has 0 spiro atoms. The van der Waals surface area contributed by atoms with Gasteiger partial charge < -0.3 is 5.32 Å². The summed E-state index contributed by atoms with van der Waals surface area (Å²) in [6.45, 7) is 5.16. The lowest BCUT2D eigenvalue weighted by Gasteiger charge is -2.17. The monoisotopic (exact) mass is 473 g/mol. The standard InChI is InChI=1S/C29H39N5O/c1-5-6-13-24-20-33(19-22-11-7-8-12-22)29(35)34(24)21(2)23-16-17-27(32-18-23)25-14-9-10-15-26(25)28(30-3)31-4/h9-10,14-18,20-22H,5-8,11-13,19H2,1-4H3,(H,30,31). The van der Waals surface area contributed by atoms with Gasteiger partial charge >= 0.3 is 5.69 Å². The van der Waals surface area contributed by atoms with Gasteiger partial charge in [-0.3, -0.25) is 19.1 Å². The second kappa shape index (κ2) is 11.5. The van der Waals surface area contributed by atoms with Crippen molar-refractivity contribution in [3.05, 3.63) is 76.1 Å². The first-order chi connectivity index (χ1) is 17.1. The van der Waals surface area contributed by atoms with Gasteiger partial charge in [-0.05, 0) is 50.2 Å². The number of aryl methyl sites for hydroxylation is 1. The largest absolute Gasteiger partial charge is 0.373 e. The van der Waals surface area contributed by atoms with E-state index in [0.29, 0.717) is 5.92 Å². The molecule has 186 valence electrons. The number of imidazole rings is 1. The molecule has 4 rings (SSSR count). The number of hydrogen-bond acceptors (Lipinski definition) is 3. The van der Waals surface area contributed by atoms with Crippen LogP contribution in [0.25, 0.3) is 11.3 Å². The predicted octanol–water partition coefficient (Wildman–Crippen LogP) is 5.45. The van der Waals surface area contributed by atoms with E-state index in [9.17, 15) is 4.79 Å². The number of nitrogens with zero attached hydrogens (tertiary/aromatic N) is 4. The maximum Gasteiger partial charge on any atom is 0.328 e. The van der Waals surface area contributed by atoms with Crippen LogP contribution in [0.3, 0.4) is 0 Å². The minimum atomic E-state index is -0.0685. The SMILES string of the molecule is CCCCc1cn(CC2CCCC2)c(=O)n1C(C)c1ccc(-c2ccccc2C(=NC)NC)nc1. The van der Waals surface area contributed by atoms with Crippen LogP contribution in [0.2, 0.25) is 0 Å². The molecule has 1 saturated carbocycles. The fourth-order valence-electron chi connectivity index (χ4n) is 5.36. The number of hydrogen-bond donors (Lipinski definition) is 1. The molecule has 0 radical (unpaired) electrons. The third kappa shape index (κ3) is 5.42. The molecule has 0 saturated heterocycles. The molecule has 1 unspecified atom stereocenters. The zero-order valence-corrected chi connectivity index (χ0v) is 21.6. The molecule has 2 aromatic heterocycles. The predicted molar refractivity (Wildman–Crippen MR) is 144 cm³/mol. The molecule has 1 fully saturated rings. The number of benzene rings is 1. The van der Waals surface area contributed by atoms with Crippen molar-refractivity contribution in [2.24, 2.45) is 10.9 Å². The van der Waals surface area contributed by atoms with Crippen LogP contribution >= 0.6 is 0 Å². The average molecular weight is 474 g/mol. The third-order valence-electron chi connectivity index (χ3n) is 7.36. The number of rotatable bonds is 9. The summed E-state index contributed by atoms with van der Waals surface area (Å²) in [7, 11) is 3.66. The second-order valence-corrected chi connectivity index (χ2v) is 9.70. The quantitative estimate of drug-likeness (QED) is 0.332. The smallest absolute Gasteiger partial charge is 0.328 e. The molecule has 1 aliphatic rings. The number of pyridine rings is 1. The number of nitrogens with one attached hydrogen (secondary N) is 1. The Kier molecular flexibility index (Phi) is 8.21. The van der Waals surface area contributed by atoms with Gasteiger partial charge in [-0.15, -0.1) is 0 Å². The van der Waals surface area contributed by atoms with E-state index in [2.05, 4.69) is 54.6 Å². The molecule has 6 nitrogen and oxygen atoms in total. The zero-order chi connectivity index (χ0) is 24.8. The summed E-state index contributed by atoms with van der Waals surface area (Å²) in [6, 6.07) is 12.3. The van der Waals surface area contributed by atoms with Crippen molar-refractivity contribution in [1.82, 2.24) is 19.4 Å². The molecule has 1 aliphatic carbocycles. The van der Waals surface area contributed by atoms with E-state index in [1.54, 1.807) is 7.05 Å². The van der Waals surface area contributed by atoms with Gasteiger partial charge in [-0.25, -0.2) is 4.79 Å². The highest BCUT2D eigenvalue weighted by Crippen LogP contribution is 2.27. The summed E-state index contributed by atoms with van der Waals surface area (Å²) in [4.78, 5) is 22.7. The number of amidine groups is 1. The van der Waals surface area contributed by atoms with Crippen LogP contribution < -0.4 is 11.0 Å². The van der Waals surface area contributed by atoms with Crippen LogP contribution in [-0.4, -0.2) is 34.0 Å². The minimum Gasteiger partial charge on any atom is -0.373 e. The molecular weight excluding hydrogens is 434 g/mol. The van der Waals surface area contributed by atoms with Crippen molar-refractivity contribution in [1.29, 1.82) is 0 Å². The molecule has 0 aliphatic heterocycles.